The summed E-state index contributed by atoms with van der Waals surface area (Å²) in [6.07, 6.45) is 0. The van der Waals surface area contributed by atoms with Crippen molar-refractivity contribution in [3.8, 4) is 23.0 Å². The molecule has 0 aliphatic carbocycles. The fraction of sp³-hybridized carbons (Fsp3) is 0.381. The van der Waals surface area contributed by atoms with E-state index in [9.17, 15) is 9.90 Å². The van der Waals surface area contributed by atoms with Gasteiger partial charge >= 0.3 is 5.97 Å². The summed E-state index contributed by atoms with van der Waals surface area (Å²) in [7, 11) is 3.23. The second-order valence-electron chi connectivity index (χ2n) is 6.38. The summed E-state index contributed by atoms with van der Waals surface area (Å²) in [6.45, 7) is 2.69. The SMILES string of the molecule is CCOc1cc([C@@H]2N[C@@H](C(=O)O)CS2)ccc1OCc1cc(OC)ccc1OC. The largest absolute Gasteiger partial charge is 0.497 e. The quantitative estimate of drug-likeness (QED) is 0.639. The van der Waals surface area contributed by atoms with Crippen molar-refractivity contribution >= 4 is 17.7 Å². The van der Waals surface area contributed by atoms with Crippen molar-refractivity contribution in [1.82, 2.24) is 5.32 Å². The molecule has 2 aromatic rings. The van der Waals surface area contributed by atoms with Crippen LogP contribution < -0.4 is 24.3 Å². The minimum Gasteiger partial charge on any atom is -0.497 e. The maximum absolute atomic E-state index is 11.2. The molecule has 2 aromatic carbocycles. The Balaban J connectivity index is 1.77. The minimum absolute atomic E-state index is 0.0946. The lowest BCUT2D eigenvalue weighted by Gasteiger charge is -2.17. The van der Waals surface area contributed by atoms with Gasteiger partial charge in [0.05, 0.1) is 26.2 Å². The van der Waals surface area contributed by atoms with E-state index in [0.29, 0.717) is 29.6 Å². The Bertz CT molecular complexity index is 859. The first-order valence-electron chi connectivity index (χ1n) is 9.26. The van der Waals surface area contributed by atoms with Crippen molar-refractivity contribution < 1.29 is 28.8 Å². The third kappa shape index (κ3) is 5.07. The van der Waals surface area contributed by atoms with Gasteiger partial charge < -0.3 is 24.1 Å². The Morgan fingerprint density at radius 2 is 1.90 bits per heavy atom. The number of ether oxygens (including phenoxy) is 4. The number of carbonyl (C=O) groups is 1. The summed E-state index contributed by atoms with van der Waals surface area (Å²) in [6, 6.07) is 10.7. The molecule has 3 rings (SSSR count). The molecule has 29 heavy (non-hydrogen) atoms. The van der Waals surface area contributed by atoms with Gasteiger partial charge in [0.2, 0.25) is 0 Å². The second-order valence-corrected chi connectivity index (χ2v) is 7.51. The molecule has 2 N–H and O–H groups in total. The number of thioether (sulfide) groups is 1. The van der Waals surface area contributed by atoms with Crippen LogP contribution in [0.25, 0.3) is 0 Å². The molecule has 0 aromatic heterocycles. The summed E-state index contributed by atoms with van der Waals surface area (Å²) in [5.41, 5.74) is 1.81. The van der Waals surface area contributed by atoms with Crippen LogP contribution in [0.15, 0.2) is 36.4 Å². The topological polar surface area (TPSA) is 86.3 Å². The van der Waals surface area contributed by atoms with E-state index in [-0.39, 0.29) is 12.0 Å². The van der Waals surface area contributed by atoms with E-state index in [4.69, 9.17) is 18.9 Å². The fourth-order valence-corrected chi connectivity index (χ4v) is 4.26. The van der Waals surface area contributed by atoms with Gasteiger partial charge in [-0.1, -0.05) is 6.07 Å². The molecular weight excluding hydrogens is 394 g/mol. The Hall–Kier alpha value is -2.58. The van der Waals surface area contributed by atoms with Crippen LogP contribution in [0.1, 0.15) is 23.4 Å². The maximum atomic E-state index is 11.2. The molecule has 8 heteroatoms. The van der Waals surface area contributed by atoms with Gasteiger partial charge in [-0.2, -0.15) is 0 Å². The molecule has 1 saturated heterocycles. The van der Waals surface area contributed by atoms with E-state index >= 15 is 0 Å². The standard InChI is InChI=1S/C21H25NO6S/c1-4-27-19-10-13(20-22-16(12-29-20)21(23)24)5-7-18(19)28-11-14-9-15(25-2)6-8-17(14)26-3/h5-10,16,20,22H,4,11-12H2,1-3H3,(H,23,24)/t16-,20-/m1/s1. The van der Waals surface area contributed by atoms with Gasteiger partial charge in [-0.25, -0.2) is 0 Å². The maximum Gasteiger partial charge on any atom is 0.321 e. The Kier molecular flexibility index (Phi) is 7.11. The predicted molar refractivity (Wildman–Crippen MR) is 111 cm³/mol. The first kappa shape index (κ1) is 21.1. The van der Waals surface area contributed by atoms with Crippen LogP contribution in [0.5, 0.6) is 23.0 Å². The van der Waals surface area contributed by atoms with Crippen LogP contribution in [0, 0.1) is 0 Å². The zero-order valence-corrected chi connectivity index (χ0v) is 17.5. The molecule has 1 aliphatic rings. The van der Waals surface area contributed by atoms with Crippen molar-refractivity contribution in [1.29, 1.82) is 0 Å². The first-order valence-corrected chi connectivity index (χ1v) is 10.3. The van der Waals surface area contributed by atoms with Crippen molar-refractivity contribution in [2.45, 2.75) is 24.9 Å². The molecule has 0 radical (unpaired) electrons. The molecule has 1 fully saturated rings. The predicted octanol–water partition coefficient (Wildman–Crippen LogP) is 3.47. The molecule has 1 heterocycles. The molecule has 7 nitrogen and oxygen atoms in total. The fourth-order valence-electron chi connectivity index (χ4n) is 3.03. The highest BCUT2D eigenvalue weighted by molar-refractivity contribution is 7.99. The Morgan fingerprint density at radius 1 is 1.10 bits per heavy atom. The number of hydrogen-bond acceptors (Lipinski definition) is 7. The van der Waals surface area contributed by atoms with E-state index < -0.39 is 12.0 Å². The lowest BCUT2D eigenvalue weighted by atomic mass is 10.1. The highest BCUT2D eigenvalue weighted by Crippen LogP contribution is 2.38. The number of hydrogen-bond donors (Lipinski definition) is 2. The summed E-state index contributed by atoms with van der Waals surface area (Å²) in [5, 5.41) is 12.2. The molecule has 1 aliphatic heterocycles. The van der Waals surface area contributed by atoms with Crippen LogP contribution in [0.3, 0.4) is 0 Å². The van der Waals surface area contributed by atoms with Crippen molar-refractivity contribution in [3.63, 3.8) is 0 Å². The van der Waals surface area contributed by atoms with Gasteiger partial charge in [0, 0.05) is 11.3 Å². The third-order valence-electron chi connectivity index (χ3n) is 4.52. The van der Waals surface area contributed by atoms with Crippen molar-refractivity contribution in [2.24, 2.45) is 0 Å². The average molecular weight is 419 g/mol. The molecule has 0 spiro atoms. The summed E-state index contributed by atoms with van der Waals surface area (Å²) in [5.74, 6) is 2.36. The Morgan fingerprint density at radius 3 is 2.55 bits per heavy atom. The number of carboxylic acids is 1. The number of rotatable bonds is 9. The molecular formula is C21H25NO6S. The van der Waals surface area contributed by atoms with Gasteiger partial charge in [0.15, 0.2) is 11.5 Å². The lowest BCUT2D eigenvalue weighted by molar-refractivity contribution is -0.138. The van der Waals surface area contributed by atoms with E-state index in [1.54, 1.807) is 26.0 Å². The monoisotopic (exact) mass is 419 g/mol. The van der Waals surface area contributed by atoms with Gasteiger partial charge in [0.25, 0.3) is 0 Å². The first-order chi connectivity index (χ1) is 14.0. The van der Waals surface area contributed by atoms with Gasteiger partial charge in [-0.3, -0.25) is 10.1 Å². The number of nitrogens with one attached hydrogen (secondary N) is 1. The highest BCUT2D eigenvalue weighted by atomic mass is 32.2. The van der Waals surface area contributed by atoms with E-state index in [1.807, 2.05) is 43.3 Å². The van der Waals surface area contributed by atoms with E-state index in [2.05, 4.69) is 5.32 Å². The average Bonchev–Trinajstić information content (AvgIpc) is 3.23. The summed E-state index contributed by atoms with van der Waals surface area (Å²) >= 11 is 1.57. The number of methoxy groups -OCH3 is 2. The van der Waals surface area contributed by atoms with Crippen molar-refractivity contribution in [2.75, 3.05) is 26.6 Å². The lowest BCUT2D eigenvalue weighted by Crippen LogP contribution is -2.33. The van der Waals surface area contributed by atoms with Crippen LogP contribution in [0.4, 0.5) is 0 Å². The van der Waals surface area contributed by atoms with Crippen LogP contribution in [-0.2, 0) is 11.4 Å². The minimum atomic E-state index is -0.836. The molecule has 0 saturated carbocycles. The summed E-state index contributed by atoms with van der Waals surface area (Å²) in [4.78, 5) is 11.2. The normalized spacial score (nSPS) is 18.3. The molecule has 0 bridgehead atoms. The van der Waals surface area contributed by atoms with Gasteiger partial charge in [-0.15, -0.1) is 11.8 Å². The van der Waals surface area contributed by atoms with E-state index in [1.165, 1.54) is 0 Å². The molecule has 0 unspecified atom stereocenters. The third-order valence-corrected chi connectivity index (χ3v) is 5.79. The van der Waals surface area contributed by atoms with Crippen molar-refractivity contribution in [3.05, 3.63) is 47.5 Å². The van der Waals surface area contributed by atoms with Crippen LogP contribution >= 0.6 is 11.8 Å². The highest BCUT2D eigenvalue weighted by Gasteiger charge is 2.30. The zero-order valence-electron chi connectivity index (χ0n) is 16.6. The zero-order chi connectivity index (χ0) is 20.8. The molecule has 2 atom stereocenters. The number of benzene rings is 2. The molecule has 156 valence electrons. The number of aliphatic carboxylic acids is 1. The molecule has 0 amide bonds. The second kappa shape index (κ2) is 9.76. The number of carboxylic acid groups (broad SMARTS) is 1. The van der Waals surface area contributed by atoms with Gasteiger partial charge in [0.1, 0.15) is 24.1 Å². The van der Waals surface area contributed by atoms with Crippen LogP contribution in [-0.4, -0.2) is 43.7 Å². The van der Waals surface area contributed by atoms with Gasteiger partial charge in [-0.05, 0) is 42.8 Å². The Labute approximate surface area is 174 Å². The summed E-state index contributed by atoms with van der Waals surface area (Å²) < 4.78 is 22.5. The smallest absolute Gasteiger partial charge is 0.321 e. The van der Waals surface area contributed by atoms with Crippen LogP contribution in [0.2, 0.25) is 0 Å². The van der Waals surface area contributed by atoms with E-state index in [0.717, 1.165) is 16.9 Å².